The molecule has 0 aliphatic rings. The zero-order valence-electron chi connectivity index (χ0n) is 15.7. The van der Waals surface area contributed by atoms with Gasteiger partial charge in [0.1, 0.15) is 17.4 Å². The van der Waals surface area contributed by atoms with E-state index in [9.17, 15) is 9.59 Å². The van der Waals surface area contributed by atoms with E-state index < -0.39 is 12.0 Å². The summed E-state index contributed by atoms with van der Waals surface area (Å²) in [7, 11) is 4.55. The van der Waals surface area contributed by atoms with Crippen molar-refractivity contribution in [3.05, 3.63) is 52.3 Å². The lowest BCUT2D eigenvalue weighted by Gasteiger charge is -2.15. The van der Waals surface area contributed by atoms with Crippen LogP contribution in [0.15, 0.2) is 35.4 Å². The van der Waals surface area contributed by atoms with Crippen molar-refractivity contribution in [2.75, 3.05) is 14.2 Å². The molecule has 3 aromatic rings. The number of nitrogens with two attached hydrogens (primary N) is 1. The van der Waals surface area contributed by atoms with Crippen LogP contribution in [0, 0.1) is 6.92 Å². The highest BCUT2D eigenvalue weighted by Crippen LogP contribution is 2.30. The molecule has 142 valence electrons. The highest BCUT2D eigenvalue weighted by Gasteiger charge is 2.21. The summed E-state index contributed by atoms with van der Waals surface area (Å²) in [5.74, 6) is 0.000858. The average molecular weight is 370 g/mol. The van der Waals surface area contributed by atoms with Crippen molar-refractivity contribution in [2.45, 2.75) is 19.4 Å². The Kier molecular flexibility index (Phi) is 5.00. The number of aryl methyl sites for hydroxylation is 1. The van der Waals surface area contributed by atoms with Gasteiger partial charge in [-0.1, -0.05) is 0 Å². The molecule has 0 saturated carbocycles. The van der Waals surface area contributed by atoms with E-state index in [0.29, 0.717) is 22.5 Å². The van der Waals surface area contributed by atoms with Crippen LogP contribution in [0.5, 0.6) is 5.75 Å². The number of carbonyl (C=O) groups is 1. The molecule has 0 aromatic carbocycles. The van der Waals surface area contributed by atoms with Crippen LogP contribution >= 0.6 is 0 Å². The fourth-order valence-corrected chi connectivity index (χ4v) is 3.09. The first-order valence-corrected chi connectivity index (χ1v) is 8.42. The smallest absolute Gasteiger partial charge is 0.323 e. The average Bonchev–Trinajstić information content (AvgIpc) is 3.16. The molecule has 8 heteroatoms. The molecule has 3 aromatic heterocycles. The summed E-state index contributed by atoms with van der Waals surface area (Å²) in [6.07, 6.45) is 3.68. The molecule has 0 bridgehead atoms. The minimum atomic E-state index is -0.784. The van der Waals surface area contributed by atoms with Gasteiger partial charge >= 0.3 is 5.97 Å². The number of carbonyl (C=O) groups excluding carboxylic acids is 1. The van der Waals surface area contributed by atoms with Crippen molar-refractivity contribution in [3.63, 3.8) is 0 Å². The summed E-state index contributed by atoms with van der Waals surface area (Å²) in [6, 6.07) is 4.66. The van der Waals surface area contributed by atoms with Gasteiger partial charge < -0.3 is 24.2 Å². The first-order chi connectivity index (χ1) is 12.9. The molecular weight excluding hydrogens is 348 g/mol. The number of imidazole rings is 1. The predicted octanol–water partition coefficient (Wildman–Crippen LogP) is 1.06. The van der Waals surface area contributed by atoms with Crippen LogP contribution in [0.1, 0.15) is 11.4 Å². The van der Waals surface area contributed by atoms with Gasteiger partial charge in [-0.3, -0.25) is 9.59 Å². The van der Waals surface area contributed by atoms with Crippen LogP contribution in [0.4, 0.5) is 0 Å². The van der Waals surface area contributed by atoms with Crippen molar-refractivity contribution < 1.29 is 14.3 Å². The Labute approximate surface area is 156 Å². The molecule has 2 N–H and O–H groups in total. The van der Waals surface area contributed by atoms with Crippen molar-refractivity contribution in [1.29, 1.82) is 0 Å². The largest absolute Gasteiger partial charge is 0.496 e. The number of rotatable bonds is 5. The number of nitrogens with zero attached hydrogens (tertiary/aromatic N) is 3. The normalized spacial score (nSPS) is 12.2. The molecule has 27 heavy (non-hydrogen) atoms. The van der Waals surface area contributed by atoms with Gasteiger partial charge in [-0.05, 0) is 19.1 Å². The summed E-state index contributed by atoms with van der Waals surface area (Å²) in [5.41, 5.74) is 8.97. The Morgan fingerprint density at radius 2 is 2.07 bits per heavy atom. The minimum Gasteiger partial charge on any atom is -0.496 e. The molecule has 1 atom stereocenters. The molecule has 0 saturated heterocycles. The molecule has 0 fully saturated rings. The molecular formula is C19H22N4O4. The first kappa shape index (κ1) is 18.7. The topological polar surface area (TPSA) is 101 Å². The standard InChI is InChI=1S/C19H22N4O4/c1-11-9-15(26-3)16(18(24)22(11)2)13-6-5-12(10-14(20)19(25)27-4)23-8-7-21-17(13)23/h5-9,14H,10,20H2,1-4H3/t14-/m0/s1. The fourth-order valence-electron chi connectivity index (χ4n) is 3.09. The molecule has 3 heterocycles. The van der Waals surface area contributed by atoms with E-state index in [1.165, 1.54) is 14.2 Å². The Bertz CT molecular complexity index is 1070. The molecule has 0 spiro atoms. The Hall–Kier alpha value is -3.13. The van der Waals surface area contributed by atoms with Crippen LogP contribution in [-0.2, 0) is 23.0 Å². The lowest BCUT2D eigenvalue weighted by molar-refractivity contribution is -0.142. The maximum absolute atomic E-state index is 12.9. The van der Waals surface area contributed by atoms with Crippen molar-refractivity contribution in [1.82, 2.24) is 14.0 Å². The minimum absolute atomic E-state index is 0.171. The maximum atomic E-state index is 12.9. The van der Waals surface area contributed by atoms with Gasteiger partial charge in [-0.2, -0.15) is 0 Å². The Morgan fingerprint density at radius 1 is 1.33 bits per heavy atom. The second-order valence-electron chi connectivity index (χ2n) is 6.29. The molecule has 0 aliphatic carbocycles. The lowest BCUT2D eigenvalue weighted by atomic mass is 10.0. The SMILES string of the molecule is COC(=O)[C@@H](N)Cc1ccc(-c2c(OC)cc(C)n(C)c2=O)c2nccn12. The summed E-state index contributed by atoms with van der Waals surface area (Å²) in [4.78, 5) is 28.9. The number of hydrogen-bond donors (Lipinski definition) is 1. The van der Waals surface area contributed by atoms with Gasteiger partial charge in [-0.15, -0.1) is 0 Å². The van der Waals surface area contributed by atoms with E-state index >= 15 is 0 Å². The summed E-state index contributed by atoms with van der Waals surface area (Å²) in [6.45, 7) is 1.84. The van der Waals surface area contributed by atoms with E-state index in [-0.39, 0.29) is 12.0 Å². The van der Waals surface area contributed by atoms with E-state index in [1.54, 1.807) is 30.1 Å². The third kappa shape index (κ3) is 3.19. The van der Waals surface area contributed by atoms with Crippen LogP contribution in [0.25, 0.3) is 16.8 Å². The van der Waals surface area contributed by atoms with E-state index in [2.05, 4.69) is 4.98 Å². The van der Waals surface area contributed by atoms with E-state index in [4.69, 9.17) is 15.2 Å². The lowest BCUT2D eigenvalue weighted by Crippen LogP contribution is -2.34. The molecule has 0 unspecified atom stereocenters. The summed E-state index contributed by atoms with van der Waals surface area (Å²) in [5, 5.41) is 0. The van der Waals surface area contributed by atoms with Crippen molar-refractivity contribution in [3.8, 4) is 16.9 Å². The second-order valence-corrected chi connectivity index (χ2v) is 6.29. The van der Waals surface area contributed by atoms with Crippen LogP contribution < -0.4 is 16.0 Å². The van der Waals surface area contributed by atoms with Crippen molar-refractivity contribution in [2.24, 2.45) is 12.8 Å². The number of ether oxygens (including phenoxy) is 2. The fraction of sp³-hybridized carbons (Fsp3) is 0.316. The van der Waals surface area contributed by atoms with Gasteiger partial charge in [0.05, 0.1) is 19.8 Å². The predicted molar refractivity (Wildman–Crippen MR) is 101 cm³/mol. The van der Waals surface area contributed by atoms with Gasteiger partial charge in [0, 0.05) is 48.9 Å². The molecule has 0 amide bonds. The van der Waals surface area contributed by atoms with Gasteiger partial charge in [0.25, 0.3) is 5.56 Å². The Balaban J connectivity index is 2.18. The monoisotopic (exact) mass is 370 g/mol. The van der Waals surface area contributed by atoms with Crippen LogP contribution in [0.2, 0.25) is 0 Å². The summed E-state index contributed by atoms with van der Waals surface area (Å²) < 4.78 is 13.5. The van der Waals surface area contributed by atoms with Crippen LogP contribution in [0.3, 0.4) is 0 Å². The Morgan fingerprint density at radius 3 is 2.74 bits per heavy atom. The van der Waals surface area contributed by atoms with Crippen molar-refractivity contribution >= 4 is 11.6 Å². The third-order valence-corrected chi connectivity index (χ3v) is 4.69. The number of fused-ring (bicyclic) bond motifs is 1. The van der Waals surface area contributed by atoms with Gasteiger partial charge in [0.2, 0.25) is 0 Å². The summed E-state index contributed by atoms with van der Waals surface area (Å²) >= 11 is 0. The van der Waals surface area contributed by atoms with E-state index in [0.717, 1.165) is 11.4 Å². The number of esters is 1. The first-order valence-electron chi connectivity index (χ1n) is 8.42. The zero-order chi connectivity index (χ0) is 19.7. The quantitative estimate of drug-likeness (QED) is 0.674. The van der Waals surface area contributed by atoms with Gasteiger partial charge in [-0.25, -0.2) is 4.98 Å². The van der Waals surface area contributed by atoms with E-state index in [1.807, 2.05) is 23.5 Å². The number of pyridine rings is 2. The highest BCUT2D eigenvalue weighted by atomic mass is 16.5. The maximum Gasteiger partial charge on any atom is 0.323 e. The van der Waals surface area contributed by atoms with Gasteiger partial charge in [0.15, 0.2) is 0 Å². The number of hydrogen-bond acceptors (Lipinski definition) is 6. The molecule has 0 aliphatic heterocycles. The third-order valence-electron chi connectivity index (χ3n) is 4.69. The van der Waals surface area contributed by atoms with Crippen LogP contribution in [-0.4, -0.2) is 40.2 Å². The zero-order valence-corrected chi connectivity index (χ0v) is 15.7. The second kappa shape index (κ2) is 7.24. The number of methoxy groups -OCH3 is 2. The molecule has 0 radical (unpaired) electrons. The highest BCUT2D eigenvalue weighted by molar-refractivity contribution is 5.81. The molecule has 3 rings (SSSR count). The molecule has 8 nitrogen and oxygen atoms in total. The number of aromatic nitrogens is 3.